The van der Waals surface area contributed by atoms with E-state index in [1.165, 1.54) is 0 Å². The van der Waals surface area contributed by atoms with E-state index in [2.05, 4.69) is 26.2 Å². The van der Waals surface area contributed by atoms with E-state index < -0.39 is 0 Å². The van der Waals surface area contributed by atoms with Gasteiger partial charge < -0.3 is 5.73 Å². The number of nitrogens with two attached hydrogens (primary N) is 1. The third kappa shape index (κ3) is 1.92. The molecule has 0 saturated heterocycles. The normalized spacial score (nSPS) is 10.7. The summed E-state index contributed by atoms with van der Waals surface area (Å²) in [6.07, 6.45) is 0.770. The molecule has 0 fully saturated rings. The number of rotatable bonds is 2. The quantitative estimate of drug-likeness (QED) is 0.928. The maximum Gasteiger partial charge on any atom is 0.169 e. The van der Waals surface area contributed by atoms with Crippen molar-refractivity contribution in [3.05, 3.63) is 33.4 Å². The molecule has 0 bridgehead atoms. The van der Waals surface area contributed by atoms with Gasteiger partial charge in [-0.2, -0.15) is 0 Å². The van der Waals surface area contributed by atoms with E-state index in [0.29, 0.717) is 10.8 Å². The highest BCUT2D eigenvalue weighted by molar-refractivity contribution is 9.10. The topological polar surface area (TPSA) is 56.7 Å². The largest absolute Gasteiger partial charge is 0.381 e. The number of halogens is 2. The first kappa shape index (κ1) is 11.4. The molecule has 0 aliphatic rings. The minimum Gasteiger partial charge on any atom is -0.381 e. The summed E-state index contributed by atoms with van der Waals surface area (Å²) in [4.78, 5) is 0. The van der Waals surface area contributed by atoms with Crippen molar-refractivity contribution in [2.24, 2.45) is 0 Å². The van der Waals surface area contributed by atoms with Crippen LogP contribution in [0.1, 0.15) is 12.6 Å². The van der Waals surface area contributed by atoms with E-state index >= 15 is 0 Å². The molecule has 2 N–H and O–H groups in total. The molecule has 2 aromatic rings. The summed E-state index contributed by atoms with van der Waals surface area (Å²) >= 11 is 9.37. The highest BCUT2D eigenvalue weighted by Gasteiger charge is 2.10. The third-order valence-corrected chi connectivity index (χ3v) is 3.51. The molecular weight excluding hydrogens is 291 g/mol. The maximum absolute atomic E-state index is 6.03. The van der Waals surface area contributed by atoms with Crippen molar-refractivity contribution >= 4 is 33.3 Å². The number of nitrogen functional groups attached to an aromatic ring is 1. The Balaban J connectivity index is 2.54. The Hall–Kier alpha value is -1.07. The van der Waals surface area contributed by atoms with Crippen molar-refractivity contribution in [3.63, 3.8) is 0 Å². The van der Waals surface area contributed by atoms with Gasteiger partial charge in [0, 0.05) is 4.47 Å². The van der Waals surface area contributed by atoms with Crippen molar-refractivity contribution in [2.45, 2.75) is 13.3 Å². The molecule has 0 aliphatic heterocycles. The molecule has 16 heavy (non-hydrogen) atoms. The third-order valence-electron chi connectivity index (χ3n) is 2.28. The zero-order valence-corrected chi connectivity index (χ0v) is 11.0. The predicted octanol–water partition coefficient (Wildman–Crippen LogP) is 2.83. The Labute approximate surface area is 107 Å². The molecule has 1 heterocycles. The monoisotopic (exact) mass is 300 g/mol. The smallest absolute Gasteiger partial charge is 0.169 e. The molecule has 0 saturated carbocycles. The summed E-state index contributed by atoms with van der Waals surface area (Å²) in [5, 5.41) is 8.48. The number of aromatic nitrogens is 3. The molecule has 0 radical (unpaired) electrons. The van der Waals surface area contributed by atoms with Gasteiger partial charge in [0.15, 0.2) is 5.82 Å². The van der Waals surface area contributed by atoms with Gasteiger partial charge in [0.2, 0.25) is 0 Å². The van der Waals surface area contributed by atoms with Crippen LogP contribution in [0.2, 0.25) is 5.02 Å². The molecule has 1 aromatic carbocycles. The average molecular weight is 302 g/mol. The second kappa shape index (κ2) is 4.43. The Morgan fingerprint density at radius 1 is 1.50 bits per heavy atom. The molecule has 0 amide bonds. The number of nitrogens with zero attached hydrogens (tertiary/aromatic N) is 3. The van der Waals surface area contributed by atoms with Crippen LogP contribution in [0.25, 0.3) is 5.69 Å². The van der Waals surface area contributed by atoms with Crippen LogP contribution >= 0.6 is 27.5 Å². The van der Waals surface area contributed by atoms with Gasteiger partial charge in [-0.3, -0.25) is 0 Å². The van der Waals surface area contributed by atoms with Gasteiger partial charge in [-0.05, 0) is 40.5 Å². The molecule has 84 valence electrons. The number of anilines is 1. The predicted molar refractivity (Wildman–Crippen MR) is 67.9 cm³/mol. The second-order valence-electron chi connectivity index (χ2n) is 3.29. The fourth-order valence-electron chi connectivity index (χ4n) is 1.47. The Morgan fingerprint density at radius 3 is 2.88 bits per heavy atom. The van der Waals surface area contributed by atoms with Crippen LogP contribution < -0.4 is 5.73 Å². The van der Waals surface area contributed by atoms with Crippen molar-refractivity contribution in [1.82, 2.24) is 15.0 Å². The van der Waals surface area contributed by atoms with Gasteiger partial charge in [0.05, 0.1) is 16.4 Å². The van der Waals surface area contributed by atoms with Gasteiger partial charge >= 0.3 is 0 Å². The fourth-order valence-corrected chi connectivity index (χ4v) is 1.89. The first-order valence-electron chi connectivity index (χ1n) is 4.79. The standard InChI is InChI=1S/C10H10BrClN4/c1-2-9-10(13)14-15-16(9)6-3-4-7(11)8(12)5-6/h3-5H,2,13H2,1H3. The van der Waals surface area contributed by atoms with E-state index in [-0.39, 0.29) is 0 Å². The fraction of sp³-hybridized carbons (Fsp3) is 0.200. The molecule has 1 aromatic heterocycles. The summed E-state index contributed by atoms with van der Waals surface area (Å²) in [5.41, 5.74) is 7.46. The minimum atomic E-state index is 0.460. The lowest BCUT2D eigenvalue weighted by molar-refractivity contribution is 0.767. The summed E-state index contributed by atoms with van der Waals surface area (Å²) in [6, 6.07) is 5.59. The maximum atomic E-state index is 6.03. The highest BCUT2D eigenvalue weighted by Crippen LogP contribution is 2.25. The molecule has 2 rings (SSSR count). The zero-order valence-electron chi connectivity index (χ0n) is 8.61. The van der Waals surface area contributed by atoms with Crippen molar-refractivity contribution in [3.8, 4) is 5.69 Å². The van der Waals surface area contributed by atoms with Crippen LogP contribution in [-0.2, 0) is 6.42 Å². The summed E-state index contributed by atoms with van der Waals surface area (Å²) < 4.78 is 2.55. The van der Waals surface area contributed by atoms with Crippen molar-refractivity contribution in [2.75, 3.05) is 5.73 Å². The van der Waals surface area contributed by atoms with E-state index in [0.717, 1.165) is 22.3 Å². The molecule has 4 nitrogen and oxygen atoms in total. The average Bonchev–Trinajstić information content (AvgIpc) is 2.63. The molecule has 0 atom stereocenters. The van der Waals surface area contributed by atoms with Gasteiger partial charge in [0.25, 0.3) is 0 Å². The van der Waals surface area contributed by atoms with E-state index in [1.807, 2.05) is 25.1 Å². The molecular formula is C10H10BrClN4. The zero-order chi connectivity index (χ0) is 11.7. The highest BCUT2D eigenvalue weighted by atomic mass is 79.9. The molecule has 0 aliphatic carbocycles. The number of hydrogen-bond acceptors (Lipinski definition) is 3. The van der Waals surface area contributed by atoms with Gasteiger partial charge in [-0.15, -0.1) is 5.10 Å². The lowest BCUT2D eigenvalue weighted by Gasteiger charge is -2.05. The summed E-state index contributed by atoms with van der Waals surface area (Å²) in [5.74, 6) is 0.460. The van der Waals surface area contributed by atoms with Gasteiger partial charge in [0.1, 0.15) is 0 Å². The second-order valence-corrected chi connectivity index (χ2v) is 4.55. The molecule has 0 spiro atoms. The van der Waals surface area contributed by atoms with Crippen LogP contribution in [0.15, 0.2) is 22.7 Å². The first-order chi connectivity index (χ1) is 7.63. The lowest BCUT2D eigenvalue weighted by atomic mass is 10.3. The number of hydrogen-bond donors (Lipinski definition) is 1. The van der Waals surface area contributed by atoms with Gasteiger partial charge in [-0.25, -0.2) is 4.68 Å². The Bertz CT molecular complexity index is 524. The summed E-state index contributed by atoms with van der Waals surface area (Å²) in [6.45, 7) is 2.01. The first-order valence-corrected chi connectivity index (χ1v) is 5.96. The number of benzene rings is 1. The minimum absolute atomic E-state index is 0.460. The lowest BCUT2D eigenvalue weighted by Crippen LogP contribution is -2.02. The van der Waals surface area contributed by atoms with Crippen LogP contribution in [0.3, 0.4) is 0 Å². The van der Waals surface area contributed by atoms with Crippen molar-refractivity contribution in [1.29, 1.82) is 0 Å². The van der Waals surface area contributed by atoms with Crippen LogP contribution in [0, 0.1) is 0 Å². The van der Waals surface area contributed by atoms with Crippen molar-refractivity contribution < 1.29 is 0 Å². The van der Waals surface area contributed by atoms with E-state index in [1.54, 1.807) is 4.68 Å². The molecule has 6 heteroatoms. The van der Waals surface area contributed by atoms with E-state index in [9.17, 15) is 0 Å². The van der Waals surface area contributed by atoms with Crippen LogP contribution in [-0.4, -0.2) is 15.0 Å². The van der Waals surface area contributed by atoms with Crippen LogP contribution in [0.5, 0.6) is 0 Å². The van der Waals surface area contributed by atoms with Crippen LogP contribution in [0.4, 0.5) is 5.82 Å². The van der Waals surface area contributed by atoms with Gasteiger partial charge in [-0.1, -0.05) is 23.7 Å². The Morgan fingerprint density at radius 2 is 2.25 bits per heavy atom. The summed E-state index contributed by atoms with van der Waals surface area (Å²) in [7, 11) is 0. The molecule has 0 unspecified atom stereocenters. The Kier molecular flexibility index (Phi) is 3.16. The SMILES string of the molecule is CCc1c(N)nnn1-c1ccc(Br)c(Cl)c1. The van der Waals surface area contributed by atoms with E-state index in [4.69, 9.17) is 17.3 Å².